The Balaban J connectivity index is 0.860. The van der Waals surface area contributed by atoms with Crippen LogP contribution in [-0.2, 0) is 100 Å². The summed E-state index contributed by atoms with van der Waals surface area (Å²) in [5.74, 6) is -18.0. The molecule has 10 rings (SSSR count). The first-order valence-electron chi connectivity index (χ1n) is 46.8. The van der Waals surface area contributed by atoms with E-state index in [1.807, 2.05) is 62.8 Å². The lowest BCUT2D eigenvalue weighted by Crippen LogP contribution is -2.81. The van der Waals surface area contributed by atoms with Gasteiger partial charge in [0.25, 0.3) is 0 Å². The van der Waals surface area contributed by atoms with E-state index < -0.39 is 264 Å². The molecule has 138 heavy (non-hydrogen) atoms. The predicted octanol–water partition coefficient (Wildman–Crippen LogP) is -5.82. The molecule has 1 spiro atoms. The number of aromatic hydroxyl groups is 1. The van der Waals surface area contributed by atoms with E-state index in [1.54, 1.807) is 45.7 Å². The van der Waals surface area contributed by atoms with Gasteiger partial charge in [0.1, 0.15) is 83.4 Å². The number of hydrogen-bond acceptors (Lipinski definition) is 31. The zero-order valence-electron chi connectivity index (χ0n) is 79.5. The summed E-state index contributed by atoms with van der Waals surface area (Å²) in [6.07, 6.45) is 2.63. The second kappa shape index (κ2) is 46.4. The van der Waals surface area contributed by atoms with Gasteiger partial charge in [0.2, 0.25) is 82.5 Å². The van der Waals surface area contributed by atoms with E-state index in [-0.39, 0.29) is 80.9 Å². The number of likely N-dealkylation sites (N-methyl/N-ethyl adjacent to an activating group) is 1. The number of anilines is 1. The Morgan fingerprint density at radius 1 is 0.601 bits per heavy atom. The van der Waals surface area contributed by atoms with Crippen molar-refractivity contribution in [2.45, 2.75) is 245 Å². The molecule has 5 aliphatic heterocycles. The maximum Gasteiger partial charge on any atom is 0.322 e. The van der Waals surface area contributed by atoms with E-state index in [0.29, 0.717) is 68.1 Å². The normalized spacial score (nSPS) is 24.8. The number of aromatic amines is 1. The number of ketones is 2. The number of Topliss-reactive ketones (excluding diaryl/α,β-unsaturated/α-hetero) is 2. The van der Waals surface area contributed by atoms with E-state index >= 15 is 14.4 Å². The molecule has 3 fully saturated rings. The number of aromatic nitrogens is 1. The highest BCUT2D eigenvalue weighted by Gasteiger charge is 2.79. The monoisotopic (exact) mass is 1930 g/mol. The number of rotatable bonds is 49. The molecule has 1 saturated carbocycles. The molecular formula is C94H136N19O25. The van der Waals surface area contributed by atoms with Gasteiger partial charge in [0.05, 0.1) is 64.8 Å². The molecular weight excluding hydrogens is 1800 g/mol. The van der Waals surface area contributed by atoms with Gasteiger partial charge in [-0.1, -0.05) is 84.0 Å². The molecule has 6 aliphatic rings. The highest BCUT2D eigenvalue weighted by molar-refractivity contribution is 6.42. The number of methoxy groups -OCH3 is 2. The van der Waals surface area contributed by atoms with Crippen molar-refractivity contribution >= 4 is 105 Å². The number of aliphatic hydroxyl groups is 7. The van der Waals surface area contributed by atoms with Crippen LogP contribution in [0.3, 0.4) is 0 Å². The largest absolute Gasteiger partial charge is 0.508 e. The molecule has 28 N–H and O–H groups in total. The number of hydrogen-bond donors (Lipinski definition) is 24. The highest BCUT2D eigenvalue weighted by atomic mass is 16.5. The fourth-order valence-electron chi connectivity index (χ4n) is 20.9. The van der Waals surface area contributed by atoms with Gasteiger partial charge < -0.3 is 131 Å². The highest BCUT2D eigenvalue weighted by Crippen LogP contribution is 2.68. The molecule has 6 heterocycles. The van der Waals surface area contributed by atoms with Crippen molar-refractivity contribution < 1.29 is 122 Å². The number of para-hydroxylation sites is 1. The van der Waals surface area contributed by atoms with Gasteiger partial charge in [-0.3, -0.25) is 81.7 Å². The number of piperidine rings is 1. The molecule has 2 saturated heterocycles. The summed E-state index contributed by atoms with van der Waals surface area (Å²) < 4.78 is 12.5. The van der Waals surface area contributed by atoms with E-state index in [9.17, 15) is 98.4 Å². The minimum atomic E-state index is -2.99. The van der Waals surface area contributed by atoms with Crippen LogP contribution < -0.4 is 91.3 Å². The predicted molar refractivity (Wildman–Crippen MR) is 499 cm³/mol. The Kier molecular flexibility index (Phi) is 36.4. The summed E-state index contributed by atoms with van der Waals surface area (Å²) >= 11 is 0. The molecule has 44 nitrogen and oxygen atoms in total. The van der Waals surface area contributed by atoms with Gasteiger partial charge in [0.15, 0.2) is 5.60 Å². The second-order valence-corrected chi connectivity index (χ2v) is 37.9. The fourth-order valence-corrected chi connectivity index (χ4v) is 20.9. The molecule has 12 amide bonds. The first-order valence-corrected chi connectivity index (χ1v) is 46.8. The van der Waals surface area contributed by atoms with Crippen molar-refractivity contribution in [3.8, 4) is 11.5 Å². The van der Waals surface area contributed by atoms with Gasteiger partial charge in [-0.2, -0.15) is 0 Å². The number of carbonyl (C=O) groups is 15. The summed E-state index contributed by atoms with van der Waals surface area (Å²) in [6.45, 7) is 9.55. The van der Waals surface area contributed by atoms with Gasteiger partial charge in [-0.05, 0) is 156 Å². The molecule has 1 aliphatic carbocycles. The summed E-state index contributed by atoms with van der Waals surface area (Å²) in [5.41, 5.74) is 23.2. The molecule has 4 aromatic rings. The number of unbranched alkanes of at least 4 members (excludes halogenated alkanes) is 1. The van der Waals surface area contributed by atoms with Crippen LogP contribution in [0, 0.1) is 29.6 Å². The molecule has 2 bridgehead atoms. The van der Waals surface area contributed by atoms with Crippen LogP contribution in [-0.4, -0.2) is 327 Å². The van der Waals surface area contributed by atoms with Gasteiger partial charge in [0, 0.05) is 96.9 Å². The number of phenols is 1. The number of carbonyl (C=O) groups excluding carboxylic acids is 15. The van der Waals surface area contributed by atoms with Crippen molar-refractivity contribution in [3.63, 3.8) is 0 Å². The van der Waals surface area contributed by atoms with E-state index in [2.05, 4.69) is 73.5 Å². The molecule has 21 atom stereocenters. The van der Waals surface area contributed by atoms with Crippen LogP contribution in [0.5, 0.6) is 11.5 Å². The van der Waals surface area contributed by atoms with Crippen molar-refractivity contribution in [2.24, 2.45) is 46.1 Å². The smallest absolute Gasteiger partial charge is 0.322 e. The minimum absolute atomic E-state index is 0.0852. The number of amides is 12. The summed E-state index contributed by atoms with van der Waals surface area (Å²) in [7, 11) is 4.47. The van der Waals surface area contributed by atoms with Gasteiger partial charge >= 0.3 is 5.97 Å². The first kappa shape index (κ1) is 108. The number of nitrogens with one attached hydrogen (secondary N) is 12. The second-order valence-electron chi connectivity index (χ2n) is 37.9. The molecule has 1 aromatic heterocycles. The minimum Gasteiger partial charge on any atom is -0.508 e. The fraction of sp³-hybridized carbons (Fsp3) is 0.596. The summed E-state index contributed by atoms with van der Waals surface area (Å²) in [4.78, 5) is 222. The number of ether oxygens (including phenoxy) is 2. The van der Waals surface area contributed by atoms with Crippen molar-refractivity contribution in [3.05, 3.63) is 107 Å². The van der Waals surface area contributed by atoms with E-state index in [0.717, 1.165) is 16.5 Å². The third kappa shape index (κ3) is 23.2. The lowest BCUT2D eigenvalue weighted by molar-refractivity contribution is -0.202. The van der Waals surface area contributed by atoms with E-state index in [1.165, 1.54) is 45.4 Å². The SMILES string of the molecule is CC[C@]1(O)[CH]C2CN(CCc3c([nH]c4ccccc34)[C@@](C(=O)OC)(c3cc4c(cc3OC)N(C)C3C45CCN4CC=C[C@](CC)(C45)[C@@H](O)[C@]3(O)C(=O)C(=O)[C@@H](CC(C)C)NN[C@H](CC(N)=O)C(=O)N[C@H](CCCCN)C(=O)N[C@H](C)C(=O)N[C@@H](CO)C(=O)N[C@H](Cc3ccc(O)cc3)C(=O)N[C@H](CCC(N)=O)C(=O)N[C@H](CO)C(=O)N[C@@H](CO)C(=O)N[C@@H](CO)C(=O)N[C@@H](CC(C)C)C(N)=O)C2)C1. The Morgan fingerprint density at radius 2 is 1.14 bits per heavy atom. The maximum absolute atomic E-state index is 16.4. The number of primary amides is 3. The van der Waals surface area contributed by atoms with Crippen LogP contribution in [0.4, 0.5) is 5.69 Å². The third-order valence-corrected chi connectivity index (χ3v) is 27.6. The molecule has 3 aromatic carbocycles. The van der Waals surface area contributed by atoms with Crippen molar-refractivity contribution in [2.75, 3.05) is 91.9 Å². The van der Waals surface area contributed by atoms with Crippen LogP contribution in [0.2, 0.25) is 0 Å². The molecule has 1 radical (unpaired) electrons. The standard InChI is InChI=1S/C94H136N19O25/c1-11-90(135)40-52-41-93(89(134)138-10,74-55(27-32-112(42-52)47-90)54-18-13-14-19-58(54)100-74)57-37-56-69(39-70(57)137-9)111(8)87-92(56)29-33-113-31-17-28-91(12-2,86(92)113)88(133)94(87,136)75(122)73(121)61(34-48(3)4)109-110-64(38-72(97)120)81(128)101-59(20-15-16-30-95)78(125)99-50(7)77(124)105-65(43-114)83(130)104-63(36-51-21-23-53(118)24-22-51)80(127)102-60(25-26-71(96)119)79(126)106-67(45-116)84(131)108-68(46-117)85(132)107-66(44-115)82(129)103-62(76(98)123)35-49(5)6/h13-14,17-19,21-24,28,37,39-40,48-50,52,59-68,86-88,100,109-110,114-118,133,135-136H,11-12,15-16,20,25-27,29-36,38,41-47,95H2,1-10H3,(H2,96,119)(H2,97,120)(H2,98,123)(H,99,125)(H,101,128)(H,102,127)(H,103,129)(H,104,130)(H,105,124)(H,106,126)(H,107,132)(H,108,131)/t50-,52?,59-,60-,61-,62+,63-,64-,65+,66+,67-,68+,86?,87?,88-,90+,91-,92?,93+,94+/m1/s1. The Hall–Kier alpha value is -11.7. The van der Waals surface area contributed by atoms with Crippen LogP contribution >= 0.6 is 0 Å². The van der Waals surface area contributed by atoms with Crippen molar-refractivity contribution in [1.82, 2.24) is 73.5 Å². The van der Waals surface area contributed by atoms with Crippen LogP contribution in [0.15, 0.2) is 72.8 Å². The van der Waals surface area contributed by atoms with Crippen LogP contribution in [0.25, 0.3) is 10.9 Å². The third-order valence-electron chi connectivity index (χ3n) is 27.6. The molecule has 5 unspecified atom stereocenters. The van der Waals surface area contributed by atoms with Gasteiger partial charge in [-0.25, -0.2) is 10.9 Å². The Labute approximate surface area is 798 Å². The number of aliphatic hydroxyl groups excluding tert-OH is 5. The van der Waals surface area contributed by atoms with E-state index in [4.69, 9.17) is 32.4 Å². The zero-order valence-corrected chi connectivity index (χ0v) is 79.5. The van der Waals surface area contributed by atoms with Gasteiger partial charge in [-0.15, -0.1) is 0 Å². The zero-order chi connectivity index (χ0) is 102. The molecule has 44 heteroatoms. The lowest BCUT2D eigenvalue weighted by Gasteiger charge is -2.63. The first-order chi connectivity index (χ1) is 65.4. The number of nitrogens with zero attached hydrogens (tertiary/aromatic N) is 3. The van der Waals surface area contributed by atoms with Crippen LogP contribution in [0.1, 0.15) is 153 Å². The number of fused-ring (bicyclic) bond motifs is 6. The van der Waals surface area contributed by atoms with Crippen molar-refractivity contribution in [1.29, 1.82) is 0 Å². The summed E-state index contributed by atoms with van der Waals surface area (Å²) in [5, 5.41) is 113. The number of phenolic OH excluding ortho intramolecular Hbond substituents is 1. The molecule has 757 valence electrons. The topological polar surface area (TPSA) is 698 Å². The quantitative estimate of drug-likeness (QED) is 0.00644. The Morgan fingerprint density at radius 3 is 1.69 bits per heavy atom. The average molecular weight is 1930 g/mol. The average Bonchev–Trinajstić information content (AvgIpc) is 1.48. The number of esters is 1. The number of hydrazine groups is 1. The maximum atomic E-state index is 16.4. The number of H-pyrrole nitrogens is 1. The Bertz CT molecular complexity index is 5170. The number of benzene rings is 3. The summed E-state index contributed by atoms with van der Waals surface area (Å²) in [6, 6.07) is -4.63. The number of nitrogens with two attached hydrogens (primary N) is 4. The lowest BCUT2D eigenvalue weighted by atomic mass is 9.47.